The van der Waals surface area contributed by atoms with E-state index in [2.05, 4.69) is 16.3 Å². The summed E-state index contributed by atoms with van der Waals surface area (Å²) in [5.74, 6) is 4.65. The molecule has 0 saturated carbocycles. The van der Waals surface area contributed by atoms with Crippen molar-refractivity contribution >= 4 is 5.69 Å². The Labute approximate surface area is 72.2 Å². The first-order chi connectivity index (χ1) is 6.04. The van der Waals surface area contributed by atoms with Crippen LogP contribution in [0.2, 0.25) is 0 Å². The number of rotatable bonds is 2. The molecule has 1 aromatic carbocycles. The van der Waals surface area contributed by atoms with E-state index >= 15 is 0 Å². The molecule has 0 aliphatic rings. The van der Waals surface area contributed by atoms with Crippen LogP contribution in [-0.2, 0) is 11.1 Å². The van der Waals surface area contributed by atoms with Crippen molar-refractivity contribution in [3.05, 3.63) is 29.8 Å². The minimum atomic E-state index is -4.32. The first-order valence-electron chi connectivity index (χ1n) is 3.33. The van der Waals surface area contributed by atoms with Gasteiger partial charge in [0, 0.05) is 0 Å². The molecule has 1 rings (SSSR count). The number of anilines is 1. The van der Waals surface area contributed by atoms with Gasteiger partial charge in [-0.05, 0) is 24.3 Å². The number of alkyl halides is 3. The van der Waals surface area contributed by atoms with Gasteiger partial charge in [0.25, 0.3) is 0 Å². The summed E-state index contributed by atoms with van der Waals surface area (Å²) in [5.41, 5.74) is 1.84. The zero-order valence-electron chi connectivity index (χ0n) is 6.43. The number of halogens is 3. The molecule has 1 aromatic rings. The van der Waals surface area contributed by atoms with Crippen LogP contribution < -0.4 is 11.4 Å². The van der Waals surface area contributed by atoms with Crippen LogP contribution in [0, 0.1) is 0 Å². The lowest BCUT2D eigenvalue weighted by Crippen LogP contribution is -2.08. The average molecular weight is 192 g/mol. The van der Waals surface area contributed by atoms with Crippen LogP contribution in [0.25, 0.3) is 0 Å². The highest BCUT2D eigenvalue weighted by Crippen LogP contribution is 2.29. The Kier molecular flexibility index (Phi) is 2.74. The summed E-state index contributed by atoms with van der Waals surface area (Å²) >= 11 is 0. The van der Waals surface area contributed by atoms with Gasteiger partial charge in [-0.3, -0.25) is 0 Å². The van der Waals surface area contributed by atoms with E-state index in [1.165, 1.54) is 12.1 Å². The van der Waals surface area contributed by atoms with Crippen molar-refractivity contribution in [2.45, 2.75) is 6.18 Å². The van der Waals surface area contributed by atoms with Crippen molar-refractivity contribution in [3.63, 3.8) is 0 Å². The van der Waals surface area contributed by atoms with Gasteiger partial charge in [0.05, 0.1) is 11.3 Å². The van der Waals surface area contributed by atoms with E-state index in [9.17, 15) is 13.2 Å². The van der Waals surface area contributed by atoms with E-state index in [1.807, 2.05) is 0 Å². The van der Waals surface area contributed by atoms with Crippen LogP contribution in [0.4, 0.5) is 18.9 Å². The third kappa shape index (κ3) is 2.60. The highest BCUT2D eigenvalue weighted by Gasteiger charge is 2.29. The molecule has 0 aliphatic carbocycles. The molecule has 72 valence electrons. The van der Waals surface area contributed by atoms with Crippen molar-refractivity contribution in [1.82, 2.24) is 0 Å². The van der Waals surface area contributed by atoms with Gasteiger partial charge in [-0.2, -0.15) is 24.0 Å². The number of nitrogens with one attached hydrogen (secondary N) is 1. The summed E-state index contributed by atoms with van der Waals surface area (Å²) in [5, 5.41) is 0. The fourth-order valence-electron chi connectivity index (χ4n) is 0.795. The first-order valence-corrected chi connectivity index (χ1v) is 3.33. The molecule has 0 atom stereocenters. The maximum atomic E-state index is 12.0. The van der Waals surface area contributed by atoms with E-state index in [-0.39, 0.29) is 0 Å². The van der Waals surface area contributed by atoms with Crippen molar-refractivity contribution in [2.24, 2.45) is 5.90 Å². The molecule has 0 heterocycles. The molecular formula is C7H7F3N2O. The summed E-state index contributed by atoms with van der Waals surface area (Å²) in [4.78, 5) is 4.02. The van der Waals surface area contributed by atoms with Gasteiger partial charge in [0.2, 0.25) is 0 Å². The molecule has 0 unspecified atom stereocenters. The van der Waals surface area contributed by atoms with E-state index in [0.29, 0.717) is 5.69 Å². The van der Waals surface area contributed by atoms with Crippen molar-refractivity contribution in [3.8, 4) is 0 Å². The number of hydrogen-bond acceptors (Lipinski definition) is 3. The smallest absolute Gasteiger partial charge is 0.248 e. The van der Waals surface area contributed by atoms with Crippen molar-refractivity contribution in [2.75, 3.05) is 5.48 Å². The molecule has 3 N–H and O–H groups in total. The average Bonchev–Trinajstić information content (AvgIpc) is 2.04. The predicted molar refractivity (Wildman–Crippen MR) is 40.3 cm³/mol. The van der Waals surface area contributed by atoms with Gasteiger partial charge in [0.1, 0.15) is 0 Å². The summed E-state index contributed by atoms with van der Waals surface area (Å²) in [7, 11) is 0. The van der Waals surface area contributed by atoms with Gasteiger partial charge in [-0.1, -0.05) is 0 Å². The van der Waals surface area contributed by atoms with Crippen LogP contribution in [0.3, 0.4) is 0 Å². The molecule has 0 amide bonds. The second-order valence-electron chi connectivity index (χ2n) is 2.30. The summed E-state index contributed by atoms with van der Waals surface area (Å²) < 4.78 is 36.1. The Balaban J connectivity index is 2.81. The maximum Gasteiger partial charge on any atom is 0.416 e. The first kappa shape index (κ1) is 9.82. The lowest BCUT2D eigenvalue weighted by atomic mass is 10.2. The van der Waals surface area contributed by atoms with Crippen LogP contribution in [-0.4, -0.2) is 0 Å². The molecule has 0 aliphatic heterocycles. The lowest BCUT2D eigenvalue weighted by Gasteiger charge is -2.07. The second kappa shape index (κ2) is 3.63. The summed E-state index contributed by atoms with van der Waals surface area (Å²) in [6.07, 6.45) is -4.32. The standard InChI is InChI=1S/C7H7F3N2O/c8-7(9,10)5-1-3-6(4-2-5)12-13-11/h1-4,12H,11H2. The molecule has 0 fully saturated rings. The second-order valence-corrected chi connectivity index (χ2v) is 2.30. The quantitative estimate of drug-likeness (QED) is 0.703. The Bertz CT molecular complexity index is 270. The van der Waals surface area contributed by atoms with Crippen molar-refractivity contribution < 1.29 is 18.1 Å². The maximum absolute atomic E-state index is 12.0. The zero-order chi connectivity index (χ0) is 9.90. The Morgan fingerprint density at radius 3 is 2.08 bits per heavy atom. The van der Waals surface area contributed by atoms with E-state index in [1.54, 1.807) is 0 Å². The van der Waals surface area contributed by atoms with Gasteiger partial charge >= 0.3 is 6.18 Å². The molecule has 0 aromatic heterocycles. The van der Waals surface area contributed by atoms with Gasteiger partial charge in [-0.25, -0.2) is 5.48 Å². The monoisotopic (exact) mass is 192 g/mol. The van der Waals surface area contributed by atoms with Crippen LogP contribution >= 0.6 is 0 Å². The topological polar surface area (TPSA) is 47.3 Å². The SMILES string of the molecule is NONc1ccc(C(F)(F)F)cc1. The molecule has 0 bridgehead atoms. The summed E-state index contributed by atoms with van der Waals surface area (Å²) in [6.45, 7) is 0. The third-order valence-electron chi connectivity index (χ3n) is 1.39. The molecule has 0 spiro atoms. The Morgan fingerprint density at radius 1 is 1.15 bits per heavy atom. The van der Waals surface area contributed by atoms with E-state index in [4.69, 9.17) is 0 Å². The Morgan fingerprint density at radius 2 is 1.69 bits per heavy atom. The Hall–Kier alpha value is -1.27. The van der Waals surface area contributed by atoms with Gasteiger partial charge in [0.15, 0.2) is 0 Å². The van der Waals surface area contributed by atoms with Crippen LogP contribution in [0.5, 0.6) is 0 Å². The van der Waals surface area contributed by atoms with E-state index < -0.39 is 11.7 Å². The highest BCUT2D eigenvalue weighted by molar-refractivity contribution is 5.43. The highest BCUT2D eigenvalue weighted by atomic mass is 19.4. The van der Waals surface area contributed by atoms with Crippen molar-refractivity contribution in [1.29, 1.82) is 0 Å². The van der Waals surface area contributed by atoms with Gasteiger partial charge < -0.3 is 0 Å². The number of nitrogens with two attached hydrogens (primary N) is 1. The third-order valence-corrected chi connectivity index (χ3v) is 1.39. The fourth-order valence-corrected chi connectivity index (χ4v) is 0.795. The van der Waals surface area contributed by atoms with E-state index in [0.717, 1.165) is 12.1 Å². The molecule has 13 heavy (non-hydrogen) atoms. The van der Waals surface area contributed by atoms with Gasteiger partial charge in [-0.15, -0.1) is 0 Å². The van der Waals surface area contributed by atoms with Crippen LogP contribution in [0.1, 0.15) is 5.56 Å². The number of benzene rings is 1. The van der Waals surface area contributed by atoms with Crippen LogP contribution in [0.15, 0.2) is 24.3 Å². The minimum Gasteiger partial charge on any atom is -0.248 e. The molecule has 6 heteroatoms. The molecular weight excluding hydrogens is 185 g/mol. The summed E-state index contributed by atoms with van der Waals surface area (Å²) in [6, 6.07) is 4.30. The normalized spacial score (nSPS) is 11.4. The minimum absolute atomic E-state index is 0.357. The predicted octanol–water partition coefficient (Wildman–Crippen LogP) is 1.92. The molecule has 0 radical (unpaired) electrons. The zero-order valence-corrected chi connectivity index (χ0v) is 6.43. The molecule has 0 saturated heterocycles. The fraction of sp³-hybridized carbons (Fsp3) is 0.143. The number of hydrogen-bond donors (Lipinski definition) is 2. The molecule has 3 nitrogen and oxygen atoms in total. The largest absolute Gasteiger partial charge is 0.416 e. The lowest BCUT2D eigenvalue weighted by molar-refractivity contribution is -0.137.